The van der Waals surface area contributed by atoms with Crippen LogP contribution in [0.4, 0.5) is 14.5 Å². The van der Waals surface area contributed by atoms with Gasteiger partial charge in [0.25, 0.3) is 10.0 Å². The molecule has 0 aromatic heterocycles. The lowest BCUT2D eigenvalue weighted by Crippen LogP contribution is -2.16. The predicted molar refractivity (Wildman–Crippen MR) is 70.2 cm³/mol. The fraction of sp³-hybridized carbons (Fsp3) is 0.0769. The van der Waals surface area contributed by atoms with E-state index in [1.165, 1.54) is 25.3 Å². The standard InChI is InChI=1S/C13H11F2NO3S/c1-19-11-7-2-3-8-12(11)20(17,18)16-13-9(14)5-4-6-10(13)15/h2-8,16H,1H3. The maximum absolute atomic E-state index is 13.5. The molecule has 0 radical (unpaired) electrons. The highest BCUT2D eigenvalue weighted by atomic mass is 32.2. The van der Waals surface area contributed by atoms with Gasteiger partial charge < -0.3 is 4.74 Å². The Hall–Kier alpha value is -2.15. The fourth-order valence-corrected chi connectivity index (χ4v) is 2.87. The molecule has 106 valence electrons. The Morgan fingerprint density at radius 1 is 1.00 bits per heavy atom. The van der Waals surface area contributed by atoms with Gasteiger partial charge in [0.1, 0.15) is 28.0 Å². The molecule has 0 heterocycles. The second-order valence-electron chi connectivity index (χ2n) is 3.85. The molecule has 0 amide bonds. The second-order valence-corrected chi connectivity index (χ2v) is 5.50. The summed E-state index contributed by atoms with van der Waals surface area (Å²) in [5.74, 6) is -1.91. The van der Waals surface area contributed by atoms with Crippen LogP contribution in [0.25, 0.3) is 0 Å². The number of nitrogens with one attached hydrogen (secondary N) is 1. The minimum Gasteiger partial charge on any atom is -0.495 e. The van der Waals surface area contributed by atoms with Gasteiger partial charge in [-0.2, -0.15) is 0 Å². The average Bonchev–Trinajstić information content (AvgIpc) is 2.43. The number of ether oxygens (including phenoxy) is 1. The van der Waals surface area contributed by atoms with E-state index in [4.69, 9.17) is 4.74 Å². The molecule has 0 saturated heterocycles. The van der Waals surface area contributed by atoms with Gasteiger partial charge in [0.2, 0.25) is 0 Å². The lowest BCUT2D eigenvalue weighted by atomic mass is 10.3. The van der Waals surface area contributed by atoms with Crippen molar-refractivity contribution in [3.63, 3.8) is 0 Å². The van der Waals surface area contributed by atoms with Gasteiger partial charge in [-0.3, -0.25) is 4.72 Å². The minimum atomic E-state index is -4.16. The highest BCUT2D eigenvalue weighted by molar-refractivity contribution is 7.92. The fourth-order valence-electron chi connectivity index (χ4n) is 1.63. The summed E-state index contributed by atoms with van der Waals surface area (Å²) in [6.07, 6.45) is 0. The van der Waals surface area contributed by atoms with Crippen molar-refractivity contribution in [3.8, 4) is 5.75 Å². The first-order chi connectivity index (χ1) is 9.45. The summed E-state index contributed by atoms with van der Waals surface area (Å²) >= 11 is 0. The highest BCUT2D eigenvalue weighted by Crippen LogP contribution is 2.27. The molecule has 0 unspecified atom stereocenters. The number of hydrogen-bond donors (Lipinski definition) is 1. The monoisotopic (exact) mass is 299 g/mol. The second kappa shape index (κ2) is 5.46. The molecule has 0 atom stereocenters. The van der Waals surface area contributed by atoms with Crippen molar-refractivity contribution in [2.75, 3.05) is 11.8 Å². The SMILES string of the molecule is COc1ccccc1S(=O)(=O)Nc1c(F)cccc1F. The predicted octanol–water partition coefficient (Wildman–Crippen LogP) is 2.77. The van der Waals surface area contributed by atoms with Crippen LogP contribution in [0.15, 0.2) is 47.4 Å². The summed E-state index contributed by atoms with van der Waals surface area (Å²) in [4.78, 5) is -0.204. The largest absolute Gasteiger partial charge is 0.495 e. The zero-order valence-corrected chi connectivity index (χ0v) is 11.2. The third kappa shape index (κ3) is 2.72. The first-order valence-electron chi connectivity index (χ1n) is 5.55. The first kappa shape index (κ1) is 14.3. The molecule has 2 aromatic rings. The number of hydrogen-bond acceptors (Lipinski definition) is 3. The summed E-state index contributed by atoms with van der Waals surface area (Å²) < 4.78 is 58.1. The van der Waals surface area contributed by atoms with Crippen molar-refractivity contribution in [3.05, 3.63) is 54.1 Å². The average molecular weight is 299 g/mol. The van der Waals surface area contributed by atoms with Crippen molar-refractivity contribution in [2.24, 2.45) is 0 Å². The molecule has 20 heavy (non-hydrogen) atoms. The molecule has 0 aliphatic heterocycles. The zero-order chi connectivity index (χ0) is 14.8. The van der Waals surface area contributed by atoms with Crippen molar-refractivity contribution in [1.29, 1.82) is 0 Å². The number of benzene rings is 2. The lowest BCUT2D eigenvalue weighted by Gasteiger charge is -2.12. The van der Waals surface area contributed by atoms with E-state index in [1.54, 1.807) is 6.07 Å². The Morgan fingerprint density at radius 2 is 1.60 bits per heavy atom. The van der Waals surface area contributed by atoms with Crippen LogP contribution in [0.1, 0.15) is 0 Å². The lowest BCUT2D eigenvalue weighted by molar-refractivity contribution is 0.403. The molecule has 1 N–H and O–H groups in total. The Bertz CT molecular complexity index is 712. The summed E-state index contributed by atoms with van der Waals surface area (Å²) in [7, 11) is -2.85. The van der Waals surface area contributed by atoms with E-state index in [-0.39, 0.29) is 10.6 Å². The normalized spacial score (nSPS) is 11.2. The molecule has 0 aliphatic rings. The summed E-state index contributed by atoms with van der Waals surface area (Å²) in [5.41, 5.74) is -0.724. The molecule has 0 aliphatic carbocycles. The first-order valence-corrected chi connectivity index (χ1v) is 7.04. The summed E-state index contributed by atoms with van der Waals surface area (Å²) in [6, 6.07) is 8.85. The summed E-state index contributed by atoms with van der Waals surface area (Å²) in [5, 5.41) is 0. The van der Waals surface area contributed by atoms with Crippen LogP contribution >= 0.6 is 0 Å². The third-order valence-electron chi connectivity index (χ3n) is 2.56. The minimum absolute atomic E-state index is 0.0803. The molecule has 0 saturated carbocycles. The summed E-state index contributed by atoms with van der Waals surface area (Å²) in [6.45, 7) is 0. The van der Waals surface area contributed by atoms with Gasteiger partial charge in [0.05, 0.1) is 7.11 Å². The maximum atomic E-state index is 13.5. The van der Waals surface area contributed by atoms with Gasteiger partial charge in [0.15, 0.2) is 0 Å². The molecule has 2 aromatic carbocycles. The maximum Gasteiger partial charge on any atom is 0.265 e. The molecule has 7 heteroatoms. The molecular formula is C13H11F2NO3S. The molecule has 2 rings (SSSR count). The molecule has 4 nitrogen and oxygen atoms in total. The zero-order valence-electron chi connectivity index (χ0n) is 10.4. The van der Waals surface area contributed by atoms with Crippen LogP contribution in [-0.4, -0.2) is 15.5 Å². The number of sulfonamides is 1. The molecule has 0 bridgehead atoms. The number of anilines is 1. The Kier molecular flexibility index (Phi) is 3.89. The molecular weight excluding hydrogens is 288 g/mol. The number of para-hydroxylation sites is 2. The third-order valence-corrected chi connectivity index (χ3v) is 3.95. The topological polar surface area (TPSA) is 55.4 Å². The van der Waals surface area contributed by atoms with Crippen LogP contribution in [0.2, 0.25) is 0 Å². The van der Waals surface area contributed by atoms with E-state index in [1.807, 2.05) is 4.72 Å². The Balaban J connectivity index is 2.47. The smallest absolute Gasteiger partial charge is 0.265 e. The van der Waals surface area contributed by atoms with E-state index < -0.39 is 27.3 Å². The van der Waals surface area contributed by atoms with Gasteiger partial charge in [0, 0.05) is 0 Å². The van der Waals surface area contributed by atoms with Crippen LogP contribution < -0.4 is 9.46 Å². The Labute approximate surface area is 115 Å². The van der Waals surface area contributed by atoms with E-state index in [2.05, 4.69) is 0 Å². The van der Waals surface area contributed by atoms with Gasteiger partial charge in [-0.25, -0.2) is 17.2 Å². The van der Waals surface area contributed by atoms with Crippen molar-refractivity contribution in [1.82, 2.24) is 0 Å². The molecule has 0 fully saturated rings. The van der Waals surface area contributed by atoms with E-state index in [0.29, 0.717) is 0 Å². The van der Waals surface area contributed by atoms with Crippen molar-refractivity contribution in [2.45, 2.75) is 4.90 Å². The van der Waals surface area contributed by atoms with Crippen LogP contribution in [0.3, 0.4) is 0 Å². The molecule has 0 spiro atoms. The van der Waals surface area contributed by atoms with Gasteiger partial charge in [-0.05, 0) is 24.3 Å². The van der Waals surface area contributed by atoms with Gasteiger partial charge >= 0.3 is 0 Å². The van der Waals surface area contributed by atoms with Gasteiger partial charge in [-0.1, -0.05) is 18.2 Å². The number of halogens is 2. The van der Waals surface area contributed by atoms with Crippen molar-refractivity contribution >= 4 is 15.7 Å². The highest BCUT2D eigenvalue weighted by Gasteiger charge is 2.22. The number of methoxy groups -OCH3 is 1. The van der Waals surface area contributed by atoms with Crippen LogP contribution in [0, 0.1) is 11.6 Å². The van der Waals surface area contributed by atoms with E-state index in [9.17, 15) is 17.2 Å². The van der Waals surface area contributed by atoms with Crippen LogP contribution in [-0.2, 0) is 10.0 Å². The van der Waals surface area contributed by atoms with E-state index in [0.717, 1.165) is 18.2 Å². The van der Waals surface area contributed by atoms with Crippen molar-refractivity contribution < 1.29 is 21.9 Å². The van der Waals surface area contributed by atoms with E-state index >= 15 is 0 Å². The quantitative estimate of drug-likeness (QED) is 0.944. The van der Waals surface area contributed by atoms with Crippen LogP contribution in [0.5, 0.6) is 5.75 Å². The Morgan fingerprint density at radius 3 is 2.20 bits per heavy atom. The van der Waals surface area contributed by atoms with Gasteiger partial charge in [-0.15, -0.1) is 0 Å². The number of rotatable bonds is 4.